The number of rotatable bonds is 5. The molecule has 8 heteroatoms. The minimum atomic E-state index is -3.59. The van der Waals surface area contributed by atoms with Gasteiger partial charge in [0.05, 0.1) is 4.90 Å². The second kappa shape index (κ2) is 8.59. The van der Waals surface area contributed by atoms with Crippen LogP contribution in [-0.4, -0.2) is 43.7 Å². The number of hydrogen-bond donors (Lipinski definition) is 0. The van der Waals surface area contributed by atoms with E-state index in [4.69, 9.17) is 11.6 Å². The van der Waals surface area contributed by atoms with Crippen LogP contribution in [0, 0.1) is 11.7 Å². The van der Waals surface area contributed by atoms with Crippen LogP contribution in [0.1, 0.15) is 18.4 Å². The van der Waals surface area contributed by atoms with Crippen molar-refractivity contribution in [3.05, 3.63) is 64.9 Å². The van der Waals surface area contributed by atoms with Crippen LogP contribution in [0.15, 0.2) is 53.4 Å². The average Bonchev–Trinajstić information content (AvgIpc) is 2.69. The van der Waals surface area contributed by atoms with E-state index in [0.717, 1.165) is 5.56 Å². The van der Waals surface area contributed by atoms with Crippen LogP contribution in [-0.2, 0) is 21.4 Å². The molecule has 0 N–H and O–H groups in total. The van der Waals surface area contributed by atoms with Gasteiger partial charge in [0.25, 0.3) is 0 Å². The van der Waals surface area contributed by atoms with Crippen molar-refractivity contribution in [3.63, 3.8) is 0 Å². The van der Waals surface area contributed by atoms with Gasteiger partial charge >= 0.3 is 0 Å². The summed E-state index contributed by atoms with van der Waals surface area (Å²) in [4.78, 5) is 14.5. The number of halogens is 2. The predicted octanol–water partition coefficient (Wildman–Crippen LogP) is 3.54. The van der Waals surface area contributed by atoms with E-state index in [1.54, 1.807) is 36.2 Å². The van der Waals surface area contributed by atoms with E-state index in [1.807, 2.05) is 0 Å². The minimum absolute atomic E-state index is 0.0205. The number of nitrogens with zero attached hydrogens (tertiary/aromatic N) is 2. The second-order valence-corrected chi connectivity index (χ2v) is 9.33. The highest BCUT2D eigenvalue weighted by molar-refractivity contribution is 7.89. The minimum Gasteiger partial charge on any atom is -0.341 e. The van der Waals surface area contributed by atoms with Gasteiger partial charge in [0.15, 0.2) is 0 Å². The molecule has 0 aliphatic carbocycles. The normalized spacial score (nSPS) is 16.1. The van der Waals surface area contributed by atoms with Crippen molar-refractivity contribution >= 4 is 27.5 Å². The van der Waals surface area contributed by atoms with Gasteiger partial charge in [0.2, 0.25) is 15.9 Å². The third-order valence-electron chi connectivity index (χ3n) is 4.96. The molecule has 0 unspecified atom stereocenters. The quantitative estimate of drug-likeness (QED) is 0.737. The van der Waals surface area contributed by atoms with E-state index >= 15 is 0 Å². The number of sulfonamides is 1. The summed E-state index contributed by atoms with van der Waals surface area (Å²) in [5, 5.41) is 0.479. The maximum Gasteiger partial charge on any atom is 0.243 e. The highest BCUT2D eigenvalue weighted by atomic mass is 35.5. The molecule has 2 aromatic rings. The van der Waals surface area contributed by atoms with Crippen LogP contribution in [0.5, 0.6) is 0 Å². The highest BCUT2D eigenvalue weighted by Gasteiger charge is 2.33. The Balaban J connectivity index is 1.58. The van der Waals surface area contributed by atoms with Gasteiger partial charge in [-0.1, -0.05) is 23.7 Å². The number of carbonyl (C=O) groups excluding carboxylic acids is 1. The average molecular weight is 425 g/mol. The van der Waals surface area contributed by atoms with E-state index in [2.05, 4.69) is 0 Å². The summed E-state index contributed by atoms with van der Waals surface area (Å²) < 4.78 is 39.9. The molecule has 0 spiro atoms. The summed E-state index contributed by atoms with van der Waals surface area (Å²) in [6.45, 7) is 0.986. The molecule has 1 fully saturated rings. The highest BCUT2D eigenvalue weighted by Crippen LogP contribution is 2.26. The lowest BCUT2D eigenvalue weighted by molar-refractivity contribution is -0.135. The fourth-order valence-corrected chi connectivity index (χ4v) is 4.95. The van der Waals surface area contributed by atoms with Gasteiger partial charge in [-0.15, -0.1) is 0 Å². The Kier molecular flexibility index (Phi) is 6.37. The molecule has 1 aliphatic rings. The van der Waals surface area contributed by atoms with Crippen molar-refractivity contribution in [2.75, 3.05) is 20.1 Å². The van der Waals surface area contributed by atoms with Crippen LogP contribution in [0.4, 0.5) is 4.39 Å². The molecule has 0 saturated carbocycles. The Morgan fingerprint density at radius 3 is 2.25 bits per heavy atom. The smallest absolute Gasteiger partial charge is 0.243 e. The van der Waals surface area contributed by atoms with Crippen molar-refractivity contribution in [2.24, 2.45) is 5.92 Å². The Morgan fingerprint density at radius 2 is 1.68 bits per heavy atom. The molecule has 0 radical (unpaired) electrons. The first kappa shape index (κ1) is 20.8. The van der Waals surface area contributed by atoms with Crippen LogP contribution in [0.25, 0.3) is 0 Å². The molecule has 3 rings (SSSR count). The van der Waals surface area contributed by atoms with E-state index in [9.17, 15) is 17.6 Å². The van der Waals surface area contributed by atoms with Gasteiger partial charge in [-0.3, -0.25) is 4.79 Å². The van der Waals surface area contributed by atoms with Crippen LogP contribution in [0.2, 0.25) is 5.02 Å². The molecule has 0 bridgehead atoms. The topological polar surface area (TPSA) is 57.7 Å². The van der Waals surface area contributed by atoms with Gasteiger partial charge in [-0.2, -0.15) is 4.31 Å². The fraction of sp³-hybridized carbons (Fsp3) is 0.350. The zero-order chi connectivity index (χ0) is 20.3. The maximum absolute atomic E-state index is 13.0. The number of hydrogen-bond acceptors (Lipinski definition) is 3. The number of carbonyl (C=O) groups is 1. The van der Waals surface area contributed by atoms with Crippen molar-refractivity contribution in [3.8, 4) is 0 Å². The van der Waals surface area contributed by atoms with Gasteiger partial charge in [-0.25, -0.2) is 12.8 Å². The molecule has 28 heavy (non-hydrogen) atoms. The number of amides is 1. The van der Waals surface area contributed by atoms with Crippen molar-refractivity contribution in [1.29, 1.82) is 0 Å². The molecule has 1 heterocycles. The summed E-state index contributed by atoms with van der Waals surface area (Å²) >= 11 is 5.83. The number of piperidine rings is 1. The summed E-state index contributed by atoms with van der Waals surface area (Å²) in [5.74, 6) is -0.554. The van der Waals surface area contributed by atoms with Gasteiger partial charge in [0.1, 0.15) is 5.82 Å². The van der Waals surface area contributed by atoms with Crippen molar-refractivity contribution in [2.45, 2.75) is 24.3 Å². The van der Waals surface area contributed by atoms with Crippen LogP contribution >= 0.6 is 11.6 Å². The SMILES string of the molecule is CN(Cc1ccc(F)cc1)C(=O)C1CCN(S(=O)(=O)c2ccc(Cl)cc2)CC1. The molecule has 1 saturated heterocycles. The third kappa shape index (κ3) is 4.71. The molecule has 0 atom stereocenters. The Hall–Kier alpha value is -1.96. The van der Waals surface area contributed by atoms with Crippen LogP contribution < -0.4 is 0 Å². The first-order valence-electron chi connectivity index (χ1n) is 9.02. The first-order valence-corrected chi connectivity index (χ1v) is 10.8. The molecule has 150 valence electrons. The molecule has 2 aromatic carbocycles. The monoisotopic (exact) mass is 424 g/mol. The Bertz CT molecular complexity index is 925. The lowest BCUT2D eigenvalue weighted by Crippen LogP contribution is -2.43. The second-order valence-electron chi connectivity index (χ2n) is 6.95. The predicted molar refractivity (Wildman–Crippen MR) is 106 cm³/mol. The van der Waals surface area contributed by atoms with E-state index in [0.29, 0.717) is 37.5 Å². The lowest BCUT2D eigenvalue weighted by Gasteiger charge is -2.32. The van der Waals surface area contributed by atoms with E-state index in [-0.39, 0.29) is 22.5 Å². The van der Waals surface area contributed by atoms with E-state index in [1.165, 1.54) is 28.6 Å². The van der Waals surface area contributed by atoms with Crippen LogP contribution in [0.3, 0.4) is 0 Å². The lowest BCUT2D eigenvalue weighted by atomic mass is 9.96. The molecule has 1 aliphatic heterocycles. The summed E-state index contributed by atoms with van der Waals surface area (Å²) in [6.07, 6.45) is 0.943. The Morgan fingerprint density at radius 1 is 1.11 bits per heavy atom. The summed E-state index contributed by atoms with van der Waals surface area (Å²) in [6, 6.07) is 12.1. The number of benzene rings is 2. The third-order valence-corrected chi connectivity index (χ3v) is 7.13. The Labute approximate surface area is 169 Å². The van der Waals surface area contributed by atoms with E-state index < -0.39 is 10.0 Å². The molecule has 0 aromatic heterocycles. The standard InChI is InChI=1S/C20H22ClFN2O3S/c1-23(14-15-2-6-18(22)7-3-15)20(25)16-10-12-24(13-11-16)28(26,27)19-8-4-17(21)5-9-19/h2-9,16H,10-14H2,1H3. The van der Waals surface area contributed by atoms with Gasteiger partial charge in [-0.05, 0) is 54.8 Å². The summed E-state index contributed by atoms with van der Waals surface area (Å²) in [5.41, 5.74) is 0.847. The first-order chi connectivity index (χ1) is 13.3. The summed E-state index contributed by atoms with van der Waals surface area (Å²) in [7, 11) is -1.88. The largest absolute Gasteiger partial charge is 0.341 e. The fourth-order valence-electron chi connectivity index (χ4n) is 3.35. The molecule has 5 nitrogen and oxygen atoms in total. The van der Waals surface area contributed by atoms with Gasteiger partial charge < -0.3 is 4.90 Å². The molecular formula is C20H22ClFN2O3S. The van der Waals surface area contributed by atoms with Gasteiger partial charge in [0, 0.05) is 37.6 Å². The molecule has 1 amide bonds. The van der Waals surface area contributed by atoms with Crippen molar-refractivity contribution in [1.82, 2.24) is 9.21 Å². The zero-order valence-electron chi connectivity index (χ0n) is 15.5. The maximum atomic E-state index is 13.0. The molecular weight excluding hydrogens is 403 g/mol. The zero-order valence-corrected chi connectivity index (χ0v) is 17.1. The van der Waals surface area contributed by atoms with Crippen molar-refractivity contribution < 1.29 is 17.6 Å².